The predicted molar refractivity (Wildman–Crippen MR) is 114 cm³/mol. The maximum Gasteiger partial charge on any atom is 0.348 e. The Morgan fingerprint density at radius 3 is 2.80 bits per heavy atom. The van der Waals surface area contributed by atoms with Crippen molar-refractivity contribution in [3.63, 3.8) is 0 Å². The number of amides is 1. The van der Waals surface area contributed by atoms with Gasteiger partial charge in [0.1, 0.15) is 10.8 Å². The minimum absolute atomic E-state index is 0.0744. The van der Waals surface area contributed by atoms with Crippen LogP contribution in [0.15, 0.2) is 34.1 Å². The van der Waals surface area contributed by atoms with Crippen molar-refractivity contribution in [2.24, 2.45) is 0 Å². The Hall–Kier alpha value is -2.23. The van der Waals surface area contributed by atoms with E-state index in [2.05, 4.69) is 15.2 Å². The van der Waals surface area contributed by atoms with Crippen molar-refractivity contribution in [2.45, 2.75) is 30.8 Å². The smallest absolute Gasteiger partial charge is 0.348 e. The molecule has 1 aromatic heterocycles. The van der Waals surface area contributed by atoms with E-state index in [1.807, 2.05) is 0 Å². The normalized spacial score (nSPS) is 16.4. The van der Waals surface area contributed by atoms with E-state index < -0.39 is 5.82 Å². The van der Waals surface area contributed by atoms with Gasteiger partial charge in [0.05, 0.1) is 24.7 Å². The molecular weight excluding hydrogens is 407 g/mol. The first-order chi connectivity index (χ1) is 14.6. The summed E-state index contributed by atoms with van der Waals surface area (Å²) in [7, 11) is 0. The van der Waals surface area contributed by atoms with Gasteiger partial charge in [0.25, 0.3) is 0 Å². The van der Waals surface area contributed by atoms with E-state index in [9.17, 15) is 14.0 Å². The first-order valence-electron chi connectivity index (χ1n) is 10.2. The van der Waals surface area contributed by atoms with E-state index in [0.717, 1.165) is 63.4 Å². The highest BCUT2D eigenvalue weighted by atomic mass is 32.2. The van der Waals surface area contributed by atoms with Gasteiger partial charge in [-0.1, -0.05) is 23.9 Å². The van der Waals surface area contributed by atoms with Gasteiger partial charge in [0.15, 0.2) is 0 Å². The SMILES string of the molecule is O=C(CSc1nc(=O)n(CCN2CCOCC2)c2c1CCC2)Nc1ccccc1F. The number of halogens is 1. The molecule has 0 saturated carbocycles. The summed E-state index contributed by atoms with van der Waals surface area (Å²) in [4.78, 5) is 31.5. The van der Waals surface area contributed by atoms with Crippen LogP contribution in [0.4, 0.5) is 10.1 Å². The monoisotopic (exact) mass is 432 g/mol. The molecule has 1 amide bonds. The van der Waals surface area contributed by atoms with Gasteiger partial charge < -0.3 is 10.1 Å². The van der Waals surface area contributed by atoms with E-state index in [4.69, 9.17) is 4.74 Å². The summed E-state index contributed by atoms with van der Waals surface area (Å²) in [6.07, 6.45) is 2.69. The topological polar surface area (TPSA) is 76.5 Å². The molecule has 2 aromatic rings. The first kappa shape index (κ1) is 21.0. The lowest BCUT2D eigenvalue weighted by molar-refractivity contribution is -0.113. The van der Waals surface area contributed by atoms with Crippen LogP contribution >= 0.6 is 11.8 Å². The van der Waals surface area contributed by atoms with Crippen LogP contribution in [0.25, 0.3) is 0 Å². The van der Waals surface area contributed by atoms with Crippen LogP contribution in [-0.2, 0) is 28.9 Å². The maximum absolute atomic E-state index is 13.7. The van der Waals surface area contributed by atoms with Crippen LogP contribution in [0.1, 0.15) is 17.7 Å². The summed E-state index contributed by atoms with van der Waals surface area (Å²) >= 11 is 1.24. The van der Waals surface area contributed by atoms with Crippen LogP contribution in [0.2, 0.25) is 0 Å². The van der Waals surface area contributed by atoms with Gasteiger partial charge in [0.2, 0.25) is 5.91 Å². The van der Waals surface area contributed by atoms with Gasteiger partial charge in [0, 0.05) is 37.4 Å². The molecule has 0 radical (unpaired) electrons. The van der Waals surface area contributed by atoms with Crippen molar-refractivity contribution in [2.75, 3.05) is 43.9 Å². The average molecular weight is 433 g/mol. The molecule has 1 N–H and O–H groups in total. The van der Waals surface area contributed by atoms with Crippen molar-refractivity contribution >= 4 is 23.4 Å². The molecule has 0 spiro atoms. The second-order valence-corrected chi connectivity index (χ2v) is 8.36. The number of nitrogens with zero attached hydrogens (tertiary/aromatic N) is 3. The lowest BCUT2D eigenvalue weighted by Crippen LogP contribution is -2.40. The molecule has 4 rings (SSSR count). The lowest BCUT2D eigenvalue weighted by Gasteiger charge is -2.27. The van der Waals surface area contributed by atoms with E-state index in [-0.39, 0.29) is 23.0 Å². The quantitative estimate of drug-likeness (QED) is 0.532. The average Bonchev–Trinajstić information content (AvgIpc) is 3.24. The van der Waals surface area contributed by atoms with E-state index in [1.54, 1.807) is 16.7 Å². The number of rotatable bonds is 7. The van der Waals surface area contributed by atoms with Gasteiger partial charge >= 0.3 is 5.69 Å². The third kappa shape index (κ3) is 4.91. The number of hydrogen-bond acceptors (Lipinski definition) is 6. The Bertz CT molecular complexity index is 975. The number of ether oxygens (including phenoxy) is 1. The number of anilines is 1. The Kier molecular flexibility index (Phi) is 6.81. The molecule has 0 bridgehead atoms. The standard InChI is InChI=1S/C21H25FN4O3S/c22-16-5-1-2-6-17(16)23-19(27)14-30-20-15-4-3-7-18(15)26(21(28)24-20)9-8-25-10-12-29-13-11-25/h1-2,5-6H,3-4,7-14H2,(H,23,27). The summed E-state index contributed by atoms with van der Waals surface area (Å²) in [5.41, 5.74) is 2.00. The largest absolute Gasteiger partial charge is 0.379 e. The molecule has 2 heterocycles. The first-order valence-corrected chi connectivity index (χ1v) is 11.2. The number of para-hydroxylation sites is 1. The summed E-state index contributed by atoms with van der Waals surface area (Å²) in [5.74, 6) is -0.724. The summed E-state index contributed by atoms with van der Waals surface area (Å²) in [6.45, 7) is 4.65. The number of thioether (sulfide) groups is 1. The summed E-state index contributed by atoms with van der Waals surface area (Å²) in [5, 5.41) is 3.19. The number of benzene rings is 1. The highest BCUT2D eigenvalue weighted by Crippen LogP contribution is 2.29. The molecular formula is C21H25FN4O3S. The van der Waals surface area contributed by atoms with Gasteiger partial charge in [-0.3, -0.25) is 14.3 Å². The highest BCUT2D eigenvalue weighted by Gasteiger charge is 2.23. The zero-order valence-corrected chi connectivity index (χ0v) is 17.5. The van der Waals surface area contributed by atoms with Crippen molar-refractivity contribution in [3.05, 3.63) is 51.8 Å². The maximum atomic E-state index is 13.7. The van der Waals surface area contributed by atoms with Gasteiger partial charge in [-0.05, 0) is 31.4 Å². The van der Waals surface area contributed by atoms with Gasteiger partial charge in [-0.2, -0.15) is 4.98 Å². The minimum atomic E-state index is -0.474. The van der Waals surface area contributed by atoms with Crippen molar-refractivity contribution in [1.82, 2.24) is 14.5 Å². The molecule has 9 heteroatoms. The molecule has 7 nitrogen and oxygen atoms in total. The number of nitrogens with one attached hydrogen (secondary N) is 1. The Morgan fingerprint density at radius 1 is 1.20 bits per heavy atom. The number of carbonyl (C=O) groups excluding carboxylic acids is 1. The van der Waals surface area contributed by atoms with Crippen molar-refractivity contribution in [3.8, 4) is 0 Å². The fourth-order valence-corrected chi connectivity index (χ4v) is 4.76. The van der Waals surface area contributed by atoms with E-state index >= 15 is 0 Å². The van der Waals surface area contributed by atoms with Gasteiger partial charge in [-0.25, -0.2) is 9.18 Å². The Balaban J connectivity index is 1.42. The van der Waals surface area contributed by atoms with Crippen LogP contribution in [0, 0.1) is 5.82 Å². The molecule has 1 aliphatic carbocycles. The zero-order chi connectivity index (χ0) is 20.9. The van der Waals surface area contributed by atoms with Crippen molar-refractivity contribution < 1.29 is 13.9 Å². The highest BCUT2D eigenvalue weighted by molar-refractivity contribution is 8.00. The molecule has 1 aliphatic heterocycles. The fourth-order valence-electron chi connectivity index (χ4n) is 3.89. The van der Waals surface area contributed by atoms with E-state index in [0.29, 0.717) is 11.6 Å². The Morgan fingerprint density at radius 2 is 2.00 bits per heavy atom. The van der Waals surface area contributed by atoms with Crippen LogP contribution in [-0.4, -0.2) is 59.0 Å². The van der Waals surface area contributed by atoms with Crippen LogP contribution < -0.4 is 11.0 Å². The van der Waals surface area contributed by atoms with Gasteiger partial charge in [-0.15, -0.1) is 0 Å². The molecule has 1 fully saturated rings. The molecule has 2 aliphatic rings. The Labute approximate surface area is 178 Å². The number of carbonyl (C=O) groups is 1. The lowest BCUT2D eigenvalue weighted by atomic mass is 10.2. The summed E-state index contributed by atoms with van der Waals surface area (Å²) in [6, 6.07) is 6.05. The van der Waals surface area contributed by atoms with Crippen LogP contribution in [0.3, 0.4) is 0 Å². The molecule has 1 aromatic carbocycles. The molecule has 160 valence electrons. The third-order valence-corrected chi connectivity index (χ3v) is 6.45. The number of fused-ring (bicyclic) bond motifs is 1. The predicted octanol–water partition coefficient (Wildman–Crippen LogP) is 1.93. The minimum Gasteiger partial charge on any atom is -0.379 e. The number of morpholine rings is 1. The molecule has 0 atom stereocenters. The number of aromatic nitrogens is 2. The molecule has 1 saturated heterocycles. The molecule has 0 unspecified atom stereocenters. The fraction of sp³-hybridized carbons (Fsp3) is 0.476. The third-order valence-electron chi connectivity index (χ3n) is 5.43. The zero-order valence-electron chi connectivity index (χ0n) is 16.7. The second-order valence-electron chi connectivity index (χ2n) is 7.40. The molecule has 30 heavy (non-hydrogen) atoms. The summed E-state index contributed by atoms with van der Waals surface area (Å²) < 4.78 is 20.9. The van der Waals surface area contributed by atoms with Crippen LogP contribution in [0.5, 0.6) is 0 Å². The second kappa shape index (κ2) is 9.72. The van der Waals surface area contributed by atoms with E-state index in [1.165, 1.54) is 23.9 Å². The number of hydrogen-bond donors (Lipinski definition) is 1. The van der Waals surface area contributed by atoms with Crippen molar-refractivity contribution in [1.29, 1.82) is 0 Å².